The number of carbonyl (C=O) groups is 1. The average Bonchev–Trinajstić information content (AvgIpc) is 2.74. The SMILES string of the molecule is CCOC(=O)CC[C@H]1C(=C(C)C)CC[C@@H](C)[C@@]1(C)CCOc1ccc2ccc(=O)oc2c1. The number of benzene rings is 1. The van der Waals surface area contributed by atoms with E-state index in [1.165, 1.54) is 17.2 Å². The molecular weight excluding hydrogens is 404 g/mol. The number of allylic oxidation sites excluding steroid dienone is 2. The lowest BCUT2D eigenvalue weighted by Crippen LogP contribution is -2.41. The second kappa shape index (κ2) is 10.4. The van der Waals surface area contributed by atoms with Crippen LogP contribution in [0.15, 0.2) is 50.7 Å². The van der Waals surface area contributed by atoms with Gasteiger partial charge in [-0.1, -0.05) is 25.0 Å². The molecule has 0 unspecified atom stereocenters. The van der Waals surface area contributed by atoms with E-state index in [9.17, 15) is 9.59 Å². The summed E-state index contributed by atoms with van der Waals surface area (Å²) in [7, 11) is 0. The molecular formula is C27H36O5. The summed E-state index contributed by atoms with van der Waals surface area (Å²) in [6.45, 7) is 11.9. The van der Waals surface area contributed by atoms with E-state index in [2.05, 4.69) is 27.7 Å². The molecule has 1 aliphatic rings. The van der Waals surface area contributed by atoms with Gasteiger partial charge in [-0.3, -0.25) is 4.79 Å². The van der Waals surface area contributed by atoms with Gasteiger partial charge in [-0.05, 0) is 81.9 Å². The van der Waals surface area contributed by atoms with E-state index >= 15 is 0 Å². The zero-order valence-electron chi connectivity index (χ0n) is 20.0. The average molecular weight is 441 g/mol. The third kappa shape index (κ3) is 5.43. The van der Waals surface area contributed by atoms with Gasteiger partial charge in [0.15, 0.2) is 0 Å². The van der Waals surface area contributed by atoms with Gasteiger partial charge in [0.25, 0.3) is 0 Å². The van der Waals surface area contributed by atoms with Crippen molar-refractivity contribution in [2.75, 3.05) is 13.2 Å². The highest BCUT2D eigenvalue weighted by molar-refractivity contribution is 5.77. The number of esters is 1. The fraction of sp³-hybridized carbons (Fsp3) is 0.556. The Labute approximate surface area is 190 Å². The highest BCUT2D eigenvalue weighted by atomic mass is 16.5. The van der Waals surface area contributed by atoms with Crippen molar-refractivity contribution in [1.82, 2.24) is 0 Å². The molecule has 5 heteroatoms. The van der Waals surface area contributed by atoms with Crippen LogP contribution in [0.25, 0.3) is 11.0 Å². The summed E-state index contributed by atoms with van der Waals surface area (Å²) in [5, 5.41) is 0.872. The topological polar surface area (TPSA) is 65.7 Å². The zero-order chi connectivity index (χ0) is 23.3. The molecule has 3 rings (SSSR count). The second-order valence-electron chi connectivity index (χ2n) is 9.42. The van der Waals surface area contributed by atoms with Gasteiger partial charge in [0.2, 0.25) is 0 Å². The highest BCUT2D eigenvalue weighted by Crippen LogP contribution is 2.52. The maximum Gasteiger partial charge on any atom is 0.336 e. The van der Waals surface area contributed by atoms with Gasteiger partial charge in [-0.2, -0.15) is 0 Å². The number of hydrogen-bond donors (Lipinski definition) is 0. The van der Waals surface area contributed by atoms with Crippen LogP contribution in [0, 0.1) is 17.3 Å². The van der Waals surface area contributed by atoms with Gasteiger partial charge >= 0.3 is 11.6 Å². The smallest absolute Gasteiger partial charge is 0.336 e. The predicted octanol–water partition coefficient (Wildman–Crippen LogP) is 6.29. The van der Waals surface area contributed by atoms with Gasteiger partial charge in [-0.25, -0.2) is 4.79 Å². The highest BCUT2D eigenvalue weighted by Gasteiger charge is 2.44. The fourth-order valence-corrected chi connectivity index (χ4v) is 5.16. The molecule has 1 aromatic heterocycles. The van der Waals surface area contributed by atoms with Gasteiger partial charge in [0, 0.05) is 23.9 Å². The Morgan fingerprint density at radius 3 is 2.69 bits per heavy atom. The van der Waals surface area contributed by atoms with Crippen molar-refractivity contribution < 1.29 is 18.7 Å². The number of hydrogen-bond acceptors (Lipinski definition) is 5. The Kier molecular flexibility index (Phi) is 7.81. The van der Waals surface area contributed by atoms with E-state index in [1.807, 2.05) is 19.1 Å². The van der Waals surface area contributed by atoms with Crippen LogP contribution in [0.4, 0.5) is 0 Å². The summed E-state index contributed by atoms with van der Waals surface area (Å²) < 4.78 is 16.6. The Morgan fingerprint density at radius 1 is 1.22 bits per heavy atom. The Morgan fingerprint density at radius 2 is 1.97 bits per heavy atom. The molecule has 3 atom stereocenters. The monoisotopic (exact) mass is 440 g/mol. The van der Waals surface area contributed by atoms with Crippen LogP contribution >= 0.6 is 0 Å². The van der Waals surface area contributed by atoms with Crippen molar-refractivity contribution in [3.05, 3.63) is 51.9 Å². The Balaban J connectivity index is 1.75. The van der Waals surface area contributed by atoms with Gasteiger partial charge in [-0.15, -0.1) is 0 Å². The minimum atomic E-state index is -0.364. The van der Waals surface area contributed by atoms with Gasteiger partial charge < -0.3 is 13.9 Å². The number of fused-ring (bicyclic) bond motifs is 1. The minimum Gasteiger partial charge on any atom is -0.493 e. The molecule has 2 aromatic rings. The molecule has 1 aromatic carbocycles. The number of rotatable bonds is 8. The molecule has 0 amide bonds. The van der Waals surface area contributed by atoms with E-state index in [0.29, 0.717) is 42.8 Å². The first-order valence-electron chi connectivity index (χ1n) is 11.7. The minimum absolute atomic E-state index is 0.0285. The van der Waals surface area contributed by atoms with Crippen LogP contribution in [0.2, 0.25) is 0 Å². The molecule has 0 spiro atoms. The number of ether oxygens (including phenoxy) is 2. The maximum absolute atomic E-state index is 12.1. The van der Waals surface area contributed by atoms with E-state index in [-0.39, 0.29) is 17.0 Å². The third-order valence-electron chi connectivity index (χ3n) is 7.28. The molecule has 174 valence electrons. The van der Waals surface area contributed by atoms with Gasteiger partial charge in [0.05, 0.1) is 13.2 Å². The molecule has 5 nitrogen and oxygen atoms in total. The van der Waals surface area contributed by atoms with Crippen LogP contribution < -0.4 is 10.4 Å². The largest absolute Gasteiger partial charge is 0.493 e. The molecule has 1 aliphatic carbocycles. The summed E-state index contributed by atoms with van der Waals surface area (Å²) in [4.78, 5) is 23.6. The quantitative estimate of drug-likeness (QED) is 0.274. The molecule has 0 aliphatic heterocycles. The second-order valence-corrected chi connectivity index (χ2v) is 9.42. The summed E-state index contributed by atoms with van der Waals surface area (Å²) in [6.07, 6.45) is 4.38. The van der Waals surface area contributed by atoms with E-state index < -0.39 is 0 Å². The molecule has 1 saturated carbocycles. The summed E-state index contributed by atoms with van der Waals surface area (Å²) in [5.41, 5.74) is 3.05. The standard InChI is InChI=1S/C27H36O5/c1-6-30-25(28)14-12-23-22(18(2)3)11-7-19(4)27(23,5)15-16-31-21-10-8-20-9-13-26(29)32-24(20)17-21/h8-10,13,17,19,23H,6-7,11-12,14-16H2,1-5H3/t19-,23+,27-/m1/s1. The van der Waals surface area contributed by atoms with E-state index in [4.69, 9.17) is 13.9 Å². The van der Waals surface area contributed by atoms with Crippen molar-refractivity contribution in [3.8, 4) is 5.75 Å². The lowest BCUT2D eigenvalue weighted by atomic mass is 9.57. The van der Waals surface area contributed by atoms with Crippen LogP contribution in [0.1, 0.15) is 66.7 Å². The summed E-state index contributed by atoms with van der Waals surface area (Å²) in [6, 6.07) is 8.77. The van der Waals surface area contributed by atoms with Crippen LogP contribution in [0.5, 0.6) is 5.75 Å². The lowest BCUT2D eigenvalue weighted by Gasteiger charge is -2.48. The zero-order valence-corrected chi connectivity index (χ0v) is 20.0. The van der Waals surface area contributed by atoms with Crippen LogP contribution in [-0.4, -0.2) is 19.2 Å². The van der Waals surface area contributed by atoms with E-state index in [1.54, 1.807) is 12.1 Å². The predicted molar refractivity (Wildman–Crippen MR) is 127 cm³/mol. The maximum atomic E-state index is 12.1. The molecule has 1 heterocycles. The molecule has 32 heavy (non-hydrogen) atoms. The Hall–Kier alpha value is -2.56. The molecule has 0 bridgehead atoms. The van der Waals surface area contributed by atoms with Crippen molar-refractivity contribution in [2.24, 2.45) is 17.3 Å². The first kappa shape index (κ1) is 24.1. The molecule has 0 radical (unpaired) electrons. The first-order valence-corrected chi connectivity index (χ1v) is 11.7. The fourth-order valence-electron chi connectivity index (χ4n) is 5.16. The van der Waals surface area contributed by atoms with Gasteiger partial charge in [0.1, 0.15) is 11.3 Å². The van der Waals surface area contributed by atoms with Crippen LogP contribution in [0.3, 0.4) is 0 Å². The van der Waals surface area contributed by atoms with Crippen molar-refractivity contribution >= 4 is 16.9 Å². The Bertz CT molecular complexity index is 1030. The normalized spacial score (nSPS) is 23.2. The summed E-state index contributed by atoms with van der Waals surface area (Å²) in [5.74, 6) is 1.44. The number of carbonyl (C=O) groups excluding carboxylic acids is 1. The molecule has 0 N–H and O–H groups in total. The summed E-state index contributed by atoms with van der Waals surface area (Å²) >= 11 is 0. The third-order valence-corrected chi connectivity index (χ3v) is 7.28. The molecule has 0 saturated heterocycles. The first-order chi connectivity index (χ1) is 15.2. The van der Waals surface area contributed by atoms with Crippen molar-refractivity contribution in [3.63, 3.8) is 0 Å². The van der Waals surface area contributed by atoms with Crippen molar-refractivity contribution in [2.45, 2.75) is 66.7 Å². The molecule has 1 fully saturated rings. The lowest BCUT2D eigenvalue weighted by molar-refractivity contribution is -0.143. The van der Waals surface area contributed by atoms with E-state index in [0.717, 1.165) is 31.1 Å². The van der Waals surface area contributed by atoms with Crippen LogP contribution in [-0.2, 0) is 9.53 Å². The van der Waals surface area contributed by atoms with Crippen molar-refractivity contribution in [1.29, 1.82) is 0 Å².